The van der Waals surface area contributed by atoms with Crippen LogP contribution in [0.1, 0.15) is 21.7 Å². The van der Waals surface area contributed by atoms with Crippen molar-refractivity contribution in [1.82, 2.24) is 5.32 Å². The Labute approximate surface area is 113 Å². The van der Waals surface area contributed by atoms with Crippen LogP contribution >= 0.6 is 15.9 Å². The van der Waals surface area contributed by atoms with E-state index in [-0.39, 0.29) is 11.7 Å². The largest absolute Gasteiger partial charge is 0.444 e. The molecule has 18 heavy (non-hydrogen) atoms. The predicted molar refractivity (Wildman–Crippen MR) is 73.2 cm³/mol. The lowest BCUT2D eigenvalue weighted by atomic mass is 10.1. The maximum absolute atomic E-state index is 11.8. The zero-order valence-electron chi connectivity index (χ0n) is 9.87. The standard InChI is InChI=1S/C13H13BrN2O2/c1-8-9(3-2-4-10(8)15)7-16-13(17)11-5-6-12(14)18-11/h2-6H,7,15H2,1H3,(H,16,17). The van der Waals surface area contributed by atoms with E-state index in [1.54, 1.807) is 12.1 Å². The highest BCUT2D eigenvalue weighted by atomic mass is 79.9. The number of furan rings is 1. The van der Waals surface area contributed by atoms with Gasteiger partial charge in [-0.05, 0) is 52.2 Å². The van der Waals surface area contributed by atoms with E-state index in [1.807, 2.05) is 25.1 Å². The number of halogens is 1. The third kappa shape index (κ3) is 2.73. The highest BCUT2D eigenvalue weighted by molar-refractivity contribution is 9.10. The summed E-state index contributed by atoms with van der Waals surface area (Å²) in [5.41, 5.74) is 8.51. The Balaban J connectivity index is 2.04. The summed E-state index contributed by atoms with van der Waals surface area (Å²) in [6.45, 7) is 2.36. The van der Waals surface area contributed by atoms with Gasteiger partial charge in [0, 0.05) is 12.2 Å². The van der Waals surface area contributed by atoms with Gasteiger partial charge in [0.2, 0.25) is 0 Å². The molecule has 0 spiro atoms. The lowest BCUT2D eigenvalue weighted by Crippen LogP contribution is -2.22. The number of hydrogen-bond donors (Lipinski definition) is 2. The third-order valence-corrected chi connectivity index (χ3v) is 3.15. The zero-order valence-corrected chi connectivity index (χ0v) is 11.5. The number of carbonyl (C=O) groups excluding carboxylic acids is 1. The average molecular weight is 309 g/mol. The summed E-state index contributed by atoms with van der Waals surface area (Å²) in [7, 11) is 0. The van der Waals surface area contributed by atoms with Gasteiger partial charge in [-0.15, -0.1) is 0 Å². The fraction of sp³-hybridized carbons (Fsp3) is 0.154. The van der Waals surface area contributed by atoms with Crippen LogP contribution in [0.2, 0.25) is 0 Å². The highest BCUT2D eigenvalue weighted by Gasteiger charge is 2.10. The molecule has 0 saturated carbocycles. The SMILES string of the molecule is Cc1c(N)cccc1CNC(=O)c1ccc(Br)o1. The number of carbonyl (C=O) groups is 1. The molecule has 1 amide bonds. The molecule has 0 fully saturated rings. The first kappa shape index (κ1) is 12.7. The number of amides is 1. The second-order valence-corrected chi connectivity index (χ2v) is 4.70. The molecule has 0 radical (unpaired) electrons. The van der Waals surface area contributed by atoms with Gasteiger partial charge in [0.1, 0.15) is 0 Å². The normalized spacial score (nSPS) is 10.3. The summed E-state index contributed by atoms with van der Waals surface area (Å²) in [6, 6.07) is 8.94. The first-order valence-electron chi connectivity index (χ1n) is 5.45. The van der Waals surface area contributed by atoms with Gasteiger partial charge < -0.3 is 15.5 Å². The third-order valence-electron chi connectivity index (χ3n) is 2.72. The van der Waals surface area contributed by atoms with Crippen molar-refractivity contribution >= 4 is 27.5 Å². The number of nitrogens with one attached hydrogen (secondary N) is 1. The van der Waals surface area contributed by atoms with Crippen molar-refractivity contribution in [2.24, 2.45) is 0 Å². The minimum Gasteiger partial charge on any atom is -0.444 e. The van der Waals surface area contributed by atoms with Crippen molar-refractivity contribution in [3.05, 3.63) is 51.9 Å². The van der Waals surface area contributed by atoms with Crippen molar-refractivity contribution in [1.29, 1.82) is 0 Å². The summed E-state index contributed by atoms with van der Waals surface area (Å²) < 4.78 is 5.70. The van der Waals surface area contributed by atoms with Gasteiger partial charge in [0.25, 0.3) is 5.91 Å². The Kier molecular flexibility index (Phi) is 3.72. The molecule has 5 heteroatoms. The molecular formula is C13H13BrN2O2. The molecule has 0 saturated heterocycles. The average Bonchev–Trinajstić information content (AvgIpc) is 2.77. The summed E-state index contributed by atoms with van der Waals surface area (Å²) >= 11 is 3.15. The summed E-state index contributed by atoms with van der Waals surface area (Å²) in [4.78, 5) is 11.8. The quantitative estimate of drug-likeness (QED) is 0.857. The smallest absolute Gasteiger partial charge is 0.287 e. The molecule has 0 aliphatic rings. The van der Waals surface area contributed by atoms with Crippen LogP contribution in [0.4, 0.5) is 5.69 Å². The maximum atomic E-state index is 11.8. The molecule has 0 aliphatic heterocycles. The zero-order chi connectivity index (χ0) is 13.1. The number of nitrogen functional groups attached to an aromatic ring is 1. The molecule has 0 atom stereocenters. The van der Waals surface area contributed by atoms with E-state index in [2.05, 4.69) is 21.2 Å². The van der Waals surface area contributed by atoms with Crippen LogP contribution in [0.3, 0.4) is 0 Å². The molecule has 4 nitrogen and oxygen atoms in total. The van der Waals surface area contributed by atoms with Gasteiger partial charge in [-0.25, -0.2) is 0 Å². The van der Waals surface area contributed by atoms with Crippen molar-refractivity contribution in [3.63, 3.8) is 0 Å². The van der Waals surface area contributed by atoms with Crippen LogP contribution < -0.4 is 11.1 Å². The predicted octanol–water partition coefficient (Wildman–Crippen LogP) is 2.86. The van der Waals surface area contributed by atoms with Crippen LogP contribution in [0.25, 0.3) is 0 Å². The fourth-order valence-electron chi connectivity index (χ4n) is 1.59. The second kappa shape index (κ2) is 5.27. The van der Waals surface area contributed by atoms with Crippen molar-refractivity contribution in [3.8, 4) is 0 Å². The van der Waals surface area contributed by atoms with Crippen LogP contribution in [0.5, 0.6) is 0 Å². The van der Waals surface area contributed by atoms with Crippen molar-refractivity contribution in [2.75, 3.05) is 5.73 Å². The first-order chi connectivity index (χ1) is 8.58. The molecule has 0 unspecified atom stereocenters. The van der Waals surface area contributed by atoms with Crippen LogP contribution in [-0.2, 0) is 6.54 Å². The summed E-state index contributed by atoms with van der Waals surface area (Å²) in [5, 5.41) is 2.79. The number of benzene rings is 1. The molecule has 0 bridgehead atoms. The first-order valence-corrected chi connectivity index (χ1v) is 6.24. The van der Waals surface area contributed by atoms with E-state index in [4.69, 9.17) is 10.2 Å². The molecule has 2 aromatic rings. The van der Waals surface area contributed by atoms with E-state index >= 15 is 0 Å². The van der Waals surface area contributed by atoms with Crippen molar-refractivity contribution < 1.29 is 9.21 Å². The summed E-state index contributed by atoms with van der Waals surface area (Å²) in [5.74, 6) is 0.0333. The molecule has 3 N–H and O–H groups in total. The van der Waals surface area contributed by atoms with Gasteiger partial charge >= 0.3 is 0 Å². The maximum Gasteiger partial charge on any atom is 0.287 e. The van der Waals surface area contributed by atoms with Crippen LogP contribution in [-0.4, -0.2) is 5.91 Å². The van der Waals surface area contributed by atoms with E-state index in [9.17, 15) is 4.79 Å². The highest BCUT2D eigenvalue weighted by Crippen LogP contribution is 2.16. The lowest BCUT2D eigenvalue weighted by molar-refractivity contribution is 0.0922. The fourth-order valence-corrected chi connectivity index (χ4v) is 1.90. The van der Waals surface area contributed by atoms with Crippen molar-refractivity contribution in [2.45, 2.75) is 13.5 Å². The Morgan fingerprint density at radius 2 is 2.17 bits per heavy atom. The number of nitrogens with two attached hydrogens (primary N) is 1. The van der Waals surface area contributed by atoms with Crippen LogP contribution in [0.15, 0.2) is 39.4 Å². The minimum absolute atomic E-state index is 0.248. The molecule has 1 aromatic heterocycles. The number of anilines is 1. The van der Waals surface area contributed by atoms with Gasteiger partial charge in [-0.3, -0.25) is 4.79 Å². The topological polar surface area (TPSA) is 68.3 Å². The van der Waals surface area contributed by atoms with E-state index in [0.29, 0.717) is 11.2 Å². The number of hydrogen-bond acceptors (Lipinski definition) is 3. The van der Waals surface area contributed by atoms with Gasteiger partial charge in [0.15, 0.2) is 10.4 Å². The van der Waals surface area contributed by atoms with E-state index in [1.165, 1.54) is 0 Å². The molecule has 94 valence electrons. The van der Waals surface area contributed by atoms with Gasteiger partial charge in [-0.2, -0.15) is 0 Å². The monoisotopic (exact) mass is 308 g/mol. The van der Waals surface area contributed by atoms with E-state index in [0.717, 1.165) is 16.8 Å². The molecule has 1 aromatic carbocycles. The van der Waals surface area contributed by atoms with Crippen LogP contribution in [0, 0.1) is 6.92 Å². The Morgan fingerprint density at radius 1 is 1.39 bits per heavy atom. The Morgan fingerprint density at radius 3 is 2.83 bits per heavy atom. The molecular weight excluding hydrogens is 296 g/mol. The molecule has 1 heterocycles. The second-order valence-electron chi connectivity index (χ2n) is 3.92. The minimum atomic E-state index is -0.248. The molecule has 2 rings (SSSR count). The van der Waals surface area contributed by atoms with Gasteiger partial charge in [-0.1, -0.05) is 12.1 Å². The summed E-state index contributed by atoms with van der Waals surface area (Å²) in [6.07, 6.45) is 0. The van der Waals surface area contributed by atoms with E-state index < -0.39 is 0 Å². The number of rotatable bonds is 3. The lowest BCUT2D eigenvalue weighted by Gasteiger charge is -2.08. The Bertz CT molecular complexity index is 578. The Hall–Kier alpha value is -1.75. The molecule has 0 aliphatic carbocycles. The van der Waals surface area contributed by atoms with Gasteiger partial charge in [0.05, 0.1) is 0 Å².